The van der Waals surface area contributed by atoms with Crippen molar-refractivity contribution >= 4 is 23.4 Å². The van der Waals surface area contributed by atoms with Crippen LogP contribution < -0.4 is 4.74 Å². The summed E-state index contributed by atoms with van der Waals surface area (Å²) in [5.74, 6) is -1.85. The molecule has 10 heteroatoms. The van der Waals surface area contributed by atoms with Gasteiger partial charge in [-0.25, -0.2) is 4.79 Å². The van der Waals surface area contributed by atoms with Gasteiger partial charge in [-0.15, -0.1) is 0 Å². The second-order valence-corrected chi connectivity index (χ2v) is 9.39. The van der Waals surface area contributed by atoms with Crippen LogP contribution in [0.2, 0.25) is 0 Å². The number of carbonyl (C=O) groups excluding carboxylic acids is 3. The number of aliphatic hydroxyl groups is 1. The second kappa shape index (κ2) is 11.8. The maximum absolute atomic E-state index is 13.5. The van der Waals surface area contributed by atoms with Crippen molar-refractivity contribution in [3.05, 3.63) is 57.9 Å². The fourth-order valence-electron chi connectivity index (χ4n) is 5.26. The number of para-hydroxylation sites is 1. The average Bonchev–Trinajstić information content (AvgIpc) is 3.36. The van der Waals surface area contributed by atoms with Crippen LogP contribution in [0, 0.1) is 13.8 Å². The number of aromatic amines is 1. The number of aromatic nitrogens is 1. The van der Waals surface area contributed by atoms with E-state index < -0.39 is 23.7 Å². The van der Waals surface area contributed by atoms with Gasteiger partial charge >= 0.3 is 5.97 Å². The van der Waals surface area contributed by atoms with E-state index in [0.717, 1.165) is 19.6 Å². The van der Waals surface area contributed by atoms with Crippen LogP contribution in [-0.4, -0.2) is 90.7 Å². The Labute approximate surface area is 222 Å². The molecule has 38 heavy (non-hydrogen) atoms. The van der Waals surface area contributed by atoms with E-state index >= 15 is 0 Å². The van der Waals surface area contributed by atoms with Gasteiger partial charge in [0, 0.05) is 43.0 Å². The molecule has 0 spiro atoms. The lowest BCUT2D eigenvalue weighted by Gasteiger charge is -2.29. The van der Waals surface area contributed by atoms with E-state index in [4.69, 9.17) is 14.2 Å². The number of esters is 1. The summed E-state index contributed by atoms with van der Waals surface area (Å²) in [5, 5.41) is 11.6. The number of nitrogens with zero attached hydrogens (tertiary/aromatic N) is 2. The number of nitrogens with one attached hydrogen (secondary N) is 1. The minimum Gasteiger partial charge on any atom is -0.507 e. The standard InChI is InChI=1S/C28H35N3O7/c1-5-38-28(35)23-17(2)21(18(3)29-23)25(32)22-24(19-9-6-7-10-20(19)36-4)31(27(34)26(22)33)12-8-11-30-13-15-37-16-14-30/h6-7,9-10,24,29,32H,5,8,11-16H2,1-4H3/b25-22+/t24-/m0/s1. The summed E-state index contributed by atoms with van der Waals surface area (Å²) in [5.41, 5.74) is 1.99. The number of hydrogen-bond donors (Lipinski definition) is 2. The first-order chi connectivity index (χ1) is 18.3. The first-order valence-electron chi connectivity index (χ1n) is 12.9. The maximum Gasteiger partial charge on any atom is 0.355 e. The van der Waals surface area contributed by atoms with Crippen LogP contribution in [0.3, 0.4) is 0 Å². The van der Waals surface area contributed by atoms with E-state index in [1.165, 1.54) is 12.0 Å². The molecular formula is C28H35N3O7. The summed E-state index contributed by atoms with van der Waals surface area (Å²) in [6, 6.07) is 6.31. The third-order valence-corrected chi connectivity index (χ3v) is 7.10. The third-order valence-electron chi connectivity index (χ3n) is 7.10. The van der Waals surface area contributed by atoms with Crippen molar-refractivity contribution in [2.24, 2.45) is 0 Å². The summed E-state index contributed by atoms with van der Waals surface area (Å²) in [7, 11) is 1.52. The SMILES string of the molecule is CCOC(=O)c1[nH]c(C)c(/C(O)=C2\C(=O)C(=O)N(CCCN3CCOCC3)[C@H]2c2ccccc2OC)c1C. The van der Waals surface area contributed by atoms with Gasteiger partial charge in [0.25, 0.3) is 11.7 Å². The van der Waals surface area contributed by atoms with Gasteiger partial charge in [0.15, 0.2) is 0 Å². The van der Waals surface area contributed by atoms with Crippen LogP contribution in [0.1, 0.15) is 52.3 Å². The highest BCUT2D eigenvalue weighted by Gasteiger charge is 2.47. The zero-order valence-corrected chi connectivity index (χ0v) is 22.3. The number of ketones is 1. The number of methoxy groups -OCH3 is 1. The Hall–Kier alpha value is -3.63. The highest BCUT2D eigenvalue weighted by molar-refractivity contribution is 6.46. The van der Waals surface area contributed by atoms with Crippen LogP contribution in [0.15, 0.2) is 29.8 Å². The number of aryl methyl sites for hydroxylation is 1. The zero-order valence-electron chi connectivity index (χ0n) is 22.3. The van der Waals surface area contributed by atoms with E-state index in [1.54, 1.807) is 45.0 Å². The van der Waals surface area contributed by atoms with Crippen molar-refractivity contribution < 1.29 is 33.7 Å². The molecule has 4 rings (SSSR count). The molecule has 0 radical (unpaired) electrons. The fourth-order valence-corrected chi connectivity index (χ4v) is 5.26. The van der Waals surface area contributed by atoms with Crippen LogP contribution >= 0.6 is 0 Å². The van der Waals surface area contributed by atoms with E-state index in [9.17, 15) is 19.5 Å². The Bertz CT molecular complexity index is 1240. The van der Waals surface area contributed by atoms with Crippen LogP contribution in [0.25, 0.3) is 5.76 Å². The quantitative estimate of drug-likeness (QED) is 0.222. The van der Waals surface area contributed by atoms with Crippen molar-refractivity contribution in [1.82, 2.24) is 14.8 Å². The average molecular weight is 526 g/mol. The van der Waals surface area contributed by atoms with Crippen molar-refractivity contribution in [3.63, 3.8) is 0 Å². The van der Waals surface area contributed by atoms with E-state index in [0.29, 0.717) is 54.3 Å². The molecule has 1 atom stereocenters. The summed E-state index contributed by atoms with van der Waals surface area (Å²) in [4.78, 5) is 46.0. The smallest absolute Gasteiger partial charge is 0.355 e. The number of amides is 1. The number of benzene rings is 1. The molecule has 0 saturated carbocycles. The molecule has 2 aliphatic heterocycles. The molecular weight excluding hydrogens is 490 g/mol. The molecule has 10 nitrogen and oxygen atoms in total. The number of hydrogen-bond acceptors (Lipinski definition) is 8. The Morgan fingerprint density at radius 3 is 2.55 bits per heavy atom. The lowest BCUT2D eigenvalue weighted by Crippen LogP contribution is -2.39. The maximum atomic E-state index is 13.5. The number of carbonyl (C=O) groups is 3. The highest BCUT2D eigenvalue weighted by Crippen LogP contribution is 2.43. The minimum atomic E-state index is -0.851. The molecule has 1 aromatic carbocycles. The first kappa shape index (κ1) is 27.4. The van der Waals surface area contributed by atoms with Gasteiger partial charge in [0.1, 0.15) is 17.2 Å². The lowest BCUT2D eigenvalue weighted by atomic mass is 9.93. The Balaban J connectivity index is 1.77. The van der Waals surface area contributed by atoms with Crippen molar-refractivity contribution in [2.75, 3.05) is 53.1 Å². The summed E-state index contributed by atoms with van der Waals surface area (Å²) in [6.07, 6.45) is 0.647. The van der Waals surface area contributed by atoms with E-state index in [2.05, 4.69) is 9.88 Å². The molecule has 1 amide bonds. The largest absolute Gasteiger partial charge is 0.507 e. The molecule has 0 unspecified atom stereocenters. The Morgan fingerprint density at radius 1 is 1.16 bits per heavy atom. The van der Waals surface area contributed by atoms with Gasteiger partial charge in [-0.05, 0) is 38.8 Å². The topological polar surface area (TPSA) is 121 Å². The van der Waals surface area contributed by atoms with Gasteiger partial charge < -0.3 is 29.2 Å². The molecule has 2 saturated heterocycles. The monoisotopic (exact) mass is 525 g/mol. The summed E-state index contributed by atoms with van der Waals surface area (Å²) < 4.78 is 16.1. The predicted octanol–water partition coefficient (Wildman–Crippen LogP) is 2.96. The normalized spacial score (nSPS) is 19.7. The molecule has 2 fully saturated rings. The Kier molecular flexibility index (Phi) is 8.53. The fraction of sp³-hybridized carbons (Fsp3) is 0.464. The minimum absolute atomic E-state index is 0.0357. The van der Waals surface area contributed by atoms with Gasteiger partial charge in [-0.2, -0.15) is 0 Å². The summed E-state index contributed by atoms with van der Waals surface area (Å²) >= 11 is 0. The first-order valence-corrected chi connectivity index (χ1v) is 12.9. The number of morpholine rings is 1. The molecule has 2 aromatic rings. The van der Waals surface area contributed by atoms with Gasteiger partial charge in [-0.3, -0.25) is 14.5 Å². The van der Waals surface area contributed by atoms with Crippen molar-refractivity contribution in [2.45, 2.75) is 33.2 Å². The molecule has 1 aromatic heterocycles. The number of ether oxygens (including phenoxy) is 3. The zero-order chi connectivity index (χ0) is 27.4. The van der Waals surface area contributed by atoms with Gasteiger partial charge in [0.05, 0.1) is 38.5 Å². The molecule has 204 valence electrons. The van der Waals surface area contributed by atoms with Gasteiger partial charge in [0.2, 0.25) is 0 Å². The van der Waals surface area contributed by atoms with E-state index in [-0.39, 0.29) is 23.6 Å². The number of Topliss-reactive ketones (excluding diaryl/α,β-unsaturated/α-hetero) is 1. The molecule has 2 N–H and O–H groups in total. The number of rotatable bonds is 9. The Morgan fingerprint density at radius 2 is 1.87 bits per heavy atom. The van der Waals surface area contributed by atoms with Gasteiger partial charge in [-0.1, -0.05) is 18.2 Å². The molecule has 3 heterocycles. The van der Waals surface area contributed by atoms with Crippen molar-refractivity contribution in [1.29, 1.82) is 0 Å². The van der Waals surface area contributed by atoms with Crippen LogP contribution in [-0.2, 0) is 19.1 Å². The van der Waals surface area contributed by atoms with Crippen molar-refractivity contribution in [3.8, 4) is 5.75 Å². The highest BCUT2D eigenvalue weighted by atomic mass is 16.5. The van der Waals surface area contributed by atoms with Crippen LogP contribution in [0.5, 0.6) is 5.75 Å². The van der Waals surface area contributed by atoms with E-state index in [1.807, 2.05) is 0 Å². The molecule has 0 aliphatic carbocycles. The second-order valence-electron chi connectivity index (χ2n) is 9.39. The number of likely N-dealkylation sites (tertiary alicyclic amines) is 1. The number of H-pyrrole nitrogens is 1. The predicted molar refractivity (Wildman–Crippen MR) is 140 cm³/mol. The van der Waals surface area contributed by atoms with Crippen LogP contribution in [0.4, 0.5) is 0 Å². The summed E-state index contributed by atoms with van der Waals surface area (Å²) in [6.45, 7) is 9.34. The number of aliphatic hydroxyl groups excluding tert-OH is 1. The third kappa shape index (κ3) is 5.19. The molecule has 0 bridgehead atoms. The molecule has 2 aliphatic rings. The lowest BCUT2D eigenvalue weighted by molar-refractivity contribution is -0.140.